The summed E-state index contributed by atoms with van der Waals surface area (Å²) in [4.78, 5) is 0. The first kappa shape index (κ1) is 10.2. The van der Waals surface area contributed by atoms with E-state index in [0.29, 0.717) is 22.6 Å². The van der Waals surface area contributed by atoms with Gasteiger partial charge >= 0.3 is 0 Å². The topological polar surface area (TPSA) is 98.3 Å². The van der Waals surface area contributed by atoms with E-state index in [1.807, 2.05) is 0 Å². The second kappa shape index (κ2) is 3.66. The Labute approximate surface area is 93.3 Å². The number of hydrogen-bond acceptors (Lipinski definition) is 4. The van der Waals surface area contributed by atoms with Crippen molar-refractivity contribution in [2.75, 3.05) is 17.2 Å². The number of anilines is 3. The lowest BCUT2D eigenvalue weighted by atomic mass is 10.0. The summed E-state index contributed by atoms with van der Waals surface area (Å²) < 4.78 is 0. The Morgan fingerprint density at radius 3 is 2.00 bits per heavy atom. The maximum absolute atomic E-state index is 9.73. The average molecular weight is 215 g/mol. The molecule has 82 valence electrons. The molecule has 7 N–H and O–H groups in total. The van der Waals surface area contributed by atoms with E-state index < -0.39 is 0 Å². The van der Waals surface area contributed by atoms with E-state index in [2.05, 4.69) is 0 Å². The second-order valence-corrected chi connectivity index (χ2v) is 3.66. The summed E-state index contributed by atoms with van der Waals surface area (Å²) in [5, 5.41) is 9.73. The van der Waals surface area contributed by atoms with E-state index in [9.17, 15) is 5.11 Å². The van der Waals surface area contributed by atoms with Crippen molar-refractivity contribution < 1.29 is 5.11 Å². The Bertz CT molecular complexity index is 518. The van der Waals surface area contributed by atoms with Crippen LogP contribution in [0.1, 0.15) is 0 Å². The number of nitrogens with two attached hydrogens (primary N) is 3. The number of rotatable bonds is 1. The van der Waals surface area contributed by atoms with Crippen LogP contribution in [-0.4, -0.2) is 5.11 Å². The minimum absolute atomic E-state index is 0.152. The van der Waals surface area contributed by atoms with Crippen molar-refractivity contribution in [2.45, 2.75) is 0 Å². The molecule has 0 heterocycles. The Balaban J connectivity index is 2.62. The smallest absolute Gasteiger partial charge is 0.123 e. The number of aromatic hydroxyl groups is 1. The Morgan fingerprint density at radius 1 is 0.750 bits per heavy atom. The molecule has 16 heavy (non-hydrogen) atoms. The Hall–Kier alpha value is -2.36. The summed E-state index contributed by atoms with van der Waals surface area (Å²) in [6.45, 7) is 0. The summed E-state index contributed by atoms with van der Waals surface area (Å²) in [5.74, 6) is 0.152. The number of nitrogen functional groups attached to an aromatic ring is 3. The highest BCUT2D eigenvalue weighted by Crippen LogP contribution is 2.33. The summed E-state index contributed by atoms with van der Waals surface area (Å²) in [7, 11) is 0. The zero-order chi connectivity index (χ0) is 11.7. The Morgan fingerprint density at radius 2 is 1.38 bits per heavy atom. The standard InChI is InChI=1S/C12H13N3O/c13-8-1-2-12(16)11(6-8)7-3-9(14)5-10(15)4-7/h1-6,16H,13-15H2. The van der Waals surface area contributed by atoms with Crippen LogP contribution in [0.4, 0.5) is 17.1 Å². The highest BCUT2D eigenvalue weighted by atomic mass is 16.3. The van der Waals surface area contributed by atoms with E-state index in [1.165, 1.54) is 0 Å². The maximum atomic E-state index is 9.73. The lowest BCUT2D eigenvalue weighted by molar-refractivity contribution is 0.477. The lowest BCUT2D eigenvalue weighted by Crippen LogP contribution is -1.92. The van der Waals surface area contributed by atoms with Crippen molar-refractivity contribution in [1.82, 2.24) is 0 Å². The third-order valence-electron chi connectivity index (χ3n) is 2.31. The third kappa shape index (κ3) is 1.86. The van der Waals surface area contributed by atoms with Crippen LogP contribution >= 0.6 is 0 Å². The molecule has 4 heteroatoms. The van der Waals surface area contributed by atoms with Gasteiger partial charge in [0, 0.05) is 22.6 Å². The Kier molecular flexibility index (Phi) is 2.32. The van der Waals surface area contributed by atoms with Crippen LogP contribution in [0.3, 0.4) is 0 Å². The van der Waals surface area contributed by atoms with Crippen molar-refractivity contribution in [2.24, 2.45) is 0 Å². The first-order valence-corrected chi connectivity index (χ1v) is 4.81. The van der Waals surface area contributed by atoms with Crippen molar-refractivity contribution in [3.05, 3.63) is 36.4 Å². The van der Waals surface area contributed by atoms with E-state index >= 15 is 0 Å². The van der Waals surface area contributed by atoms with E-state index in [1.54, 1.807) is 36.4 Å². The molecule has 0 aliphatic carbocycles. The maximum Gasteiger partial charge on any atom is 0.123 e. The molecular weight excluding hydrogens is 202 g/mol. The quantitative estimate of drug-likeness (QED) is 0.430. The highest BCUT2D eigenvalue weighted by molar-refractivity contribution is 5.78. The first-order valence-electron chi connectivity index (χ1n) is 4.81. The SMILES string of the molecule is Nc1cc(N)cc(-c2cc(N)ccc2O)c1. The second-order valence-electron chi connectivity index (χ2n) is 3.66. The zero-order valence-electron chi connectivity index (χ0n) is 8.64. The van der Waals surface area contributed by atoms with Crippen LogP contribution in [0.5, 0.6) is 5.75 Å². The van der Waals surface area contributed by atoms with Gasteiger partial charge in [-0.15, -0.1) is 0 Å². The van der Waals surface area contributed by atoms with E-state index in [0.717, 1.165) is 5.56 Å². The van der Waals surface area contributed by atoms with Gasteiger partial charge in [0.05, 0.1) is 0 Å². The van der Waals surface area contributed by atoms with Crippen LogP contribution in [-0.2, 0) is 0 Å². The highest BCUT2D eigenvalue weighted by Gasteiger charge is 2.06. The van der Waals surface area contributed by atoms with Gasteiger partial charge in [-0.1, -0.05) is 0 Å². The predicted octanol–water partition coefficient (Wildman–Crippen LogP) is 1.81. The largest absolute Gasteiger partial charge is 0.507 e. The lowest BCUT2D eigenvalue weighted by Gasteiger charge is -2.08. The van der Waals surface area contributed by atoms with E-state index in [-0.39, 0.29) is 5.75 Å². The van der Waals surface area contributed by atoms with Gasteiger partial charge in [0.1, 0.15) is 5.75 Å². The average Bonchev–Trinajstić information content (AvgIpc) is 2.20. The molecule has 0 radical (unpaired) electrons. The fraction of sp³-hybridized carbons (Fsp3) is 0. The molecule has 0 aliphatic heterocycles. The molecule has 0 fully saturated rings. The molecule has 0 atom stereocenters. The van der Waals surface area contributed by atoms with Crippen LogP contribution in [0, 0.1) is 0 Å². The summed E-state index contributed by atoms with van der Waals surface area (Å²) >= 11 is 0. The number of benzene rings is 2. The molecule has 0 spiro atoms. The number of phenolic OH excluding ortho intramolecular Hbond substituents is 1. The molecule has 0 aromatic heterocycles. The number of hydrogen-bond donors (Lipinski definition) is 4. The monoisotopic (exact) mass is 215 g/mol. The molecule has 2 aromatic carbocycles. The van der Waals surface area contributed by atoms with Crippen LogP contribution in [0.25, 0.3) is 11.1 Å². The molecule has 0 amide bonds. The molecule has 0 saturated carbocycles. The van der Waals surface area contributed by atoms with Crippen molar-refractivity contribution in [3.63, 3.8) is 0 Å². The molecule has 0 unspecified atom stereocenters. The predicted molar refractivity (Wildman–Crippen MR) is 66.8 cm³/mol. The fourth-order valence-electron chi connectivity index (χ4n) is 1.62. The molecule has 2 aromatic rings. The number of phenols is 1. The summed E-state index contributed by atoms with van der Waals surface area (Å²) in [5.41, 5.74) is 20.1. The summed E-state index contributed by atoms with van der Waals surface area (Å²) in [6, 6.07) is 10.0. The van der Waals surface area contributed by atoms with Crippen LogP contribution in [0.2, 0.25) is 0 Å². The van der Waals surface area contributed by atoms with Gasteiger partial charge in [-0.2, -0.15) is 0 Å². The molecule has 4 nitrogen and oxygen atoms in total. The fourth-order valence-corrected chi connectivity index (χ4v) is 1.62. The molecule has 0 saturated heterocycles. The van der Waals surface area contributed by atoms with Gasteiger partial charge in [-0.05, 0) is 42.0 Å². The van der Waals surface area contributed by atoms with Gasteiger partial charge in [-0.25, -0.2) is 0 Å². The van der Waals surface area contributed by atoms with Gasteiger partial charge < -0.3 is 22.3 Å². The molecular formula is C12H13N3O. The van der Waals surface area contributed by atoms with Gasteiger partial charge in [0.25, 0.3) is 0 Å². The van der Waals surface area contributed by atoms with Crippen molar-refractivity contribution in [3.8, 4) is 16.9 Å². The van der Waals surface area contributed by atoms with Crippen LogP contribution in [0.15, 0.2) is 36.4 Å². The van der Waals surface area contributed by atoms with E-state index in [4.69, 9.17) is 17.2 Å². The van der Waals surface area contributed by atoms with Gasteiger partial charge in [0.2, 0.25) is 0 Å². The summed E-state index contributed by atoms with van der Waals surface area (Å²) in [6.07, 6.45) is 0. The molecule has 0 bridgehead atoms. The van der Waals surface area contributed by atoms with Gasteiger partial charge in [0.15, 0.2) is 0 Å². The van der Waals surface area contributed by atoms with Crippen LogP contribution < -0.4 is 17.2 Å². The van der Waals surface area contributed by atoms with Crippen molar-refractivity contribution in [1.29, 1.82) is 0 Å². The van der Waals surface area contributed by atoms with Crippen molar-refractivity contribution >= 4 is 17.1 Å². The first-order chi connectivity index (χ1) is 7.56. The van der Waals surface area contributed by atoms with Gasteiger partial charge in [-0.3, -0.25) is 0 Å². The minimum atomic E-state index is 0.152. The normalized spacial score (nSPS) is 10.2. The zero-order valence-corrected chi connectivity index (χ0v) is 8.64. The molecule has 2 rings (SSSR count). The third-order valence-corrected chi connectivity index (χ3v) is 2.31. The molecule has 0 aliphatic rings. The minimum Gasteiger partial charge on any atom is -0.507 e.